The second kappa shape index (κ2) is 8.75. The summed E-state index contributed by atoms with van der Waals surface area (Å²) in [5.41, 5.74) is 0.808. The third-order valence-corrected chi connectivity index (χ3v) is 1.88. The smallest absolute Gasteiger partial charge is 0.246 e. The molecule has 2 N–H and O–H groups in total. The van der Waals surface area contributed by atoms with E-state index in [1.54, 1.807) is 0 Å². The SMILES string of the molecule is CCC=C(C)C(=O)NCCNCCC. The van der Waals surface area contributed by atoms with E-state index in [2.05, 4.69) is 17.6 Å². The summed E-state index contributed by atoms with van der Waals surface area (Å²) in [6, 6.07) is 0. The van der Waals surface area contributed by atoms with E-state index in [1.807, 2.05) is 19.9 Å². The van der Waals surface area contributed by atoms with Crippen molar-refractivity contribution in [2.24, 2.45) is 0 Å². The highest BCUT2D eigenvalue weighted by Crippen LogP contribution is 1.93. The van der Waals surface area contributed by atoms with Gasteiger partial charge < -0.3 is 10.6 Å². The summed E-state index contributed by atoms with van der Waals surface area (Å²) in [6.07, 6.45) is 3.98. The highest BCUT2D eigenvalue weighted by molar-refractivity contribution is 5.92. The first-order valence-corrected chi connectivity index (χ1v) is 5.38. The van der Waals surface area contributed by atoms with E-state index in [9.17, 15) is 4.79 Å². The Morgan fingerprint density at radius 2 is 1.93 bits per heavy atom. The summed E-state index contributed by atoms with van der Waals surface area (Å²) in [6.45, 7) is 8.56. The largest absolute Gasteiger partial charge is 0.351 e. The standard InChI is InChI=1S/C11H22N2O/c1-4-6-10(3)11(14)13-9-8-12-7-5-2/h6,12H,4-5,7-9H2,1-3H3,(H,13,14). The van der Waals surface area contributed by atoms with Gasteiger partial charge in [-0.3, -0.25) is 4.79 Å². The van der Waals surface area contributed by atoms with E-state index in [4.69, 9.17) is 0 Å². The Morgan fingerprint density at radius 3 is 2.50 bits per heavy atom. The van der Waals surface area contributed by atoms with E-state index in [0.29, 0.717) is 6.54 Å². The molecule has 1 amide bonds. The van der Waals surface area contributed by atoms with Gasteiger partial charge in [0.25, 0.3) is 0 Å². The van der Waals surface area contributed by atoms with E-state index in [0.717, 1.165) is 31.5 Å². The van der Waals surface area contributed by atoms with Gasteiger partial charge in [-0.1, -0.05) is 19.9 Å². The fourth-order valence-corrected chi connectivity index (χ4v) is 1.10. The van der Waals surface area contributed by atoms with Gasteiger partial charge in [-0.2, -0.15) is 0 Å². The molecule has 0 saturated heterocycles. The van der Waals surface area contributed by atoms with Crippen LogP contribution in [0, 0.1) is 0 Å². The summed E-state index contributed by atoms with van der Waals surface area (Å²) < 4.78 is 0. The molecule has 0 fully saturated rings. The van der Waals surface area contributed by atoms with E-state index < -0.39 is 0 Å². The van der Waals surface area contributed by atoms with Gasteiger partial charge in [-0.25, -0.2) is 0 Å². The van der Waals surface area contributed by atoms with Crippen LogP contribution in [-0.2, 0) is 4.79 Å². The predicted molar refractivity (Wildman–Crippen MR) is 60.2 cm³/mol. The van der Waals surface area contributed by atoms with Crippen LogP contribution in [0.2, 0.25) is 0 Å². The Bertz CT molecular complexity index is 188. The molecule has 0 aromatic rings. The van der Waals surface area contributed by atoms with Gasteiger partial charge in [-0.15, -0.1) is 0 Å². The van der Waals surface area contributed by atoms with Crippen LogP contribution in [0.1, 0.15) is 33.6 Å². The van der Waals surface area contributed by atoms with E-state index >= 15 is 0 Å². The molecule has 0 aliphatic carbocycles. The number of hydrogen-bond acceptors (Lipinski definition) is 2. The molecule has 0 radical (unpaired) electrons. The maximum atomic E-state index is 11.4. The monoisotopic (exact) mass is 198 g/mol. The molecule has 0 aliphatic heterocycles. The Hall–Kier alpha value is -0.830. The molecule has 0 heterocycles. The molecule has 0 aromatic heterocycles. The summed E-state index contributed by atoms with van der Waals surface area (Å²) in [5.74, 6) is 0.0464. The molecule has 3 heteroatoms. The first kappa shape index (κ1) is 13.2. The summed E-state index contributed by atoms with van der Waals surface area (Å²) >= 11 is 0. The Balaban J connectivity index is 3.49. The summed E-state index contributed by atoms with van der Waals surface area (Å²) in [5, 5.41) is 6.08. The predicted octanol–water partition coefficient (Wildman–Crippen LogP) is 1.46. The van der Waals surface area contributed by atoms with Crippen molar-refractivity contribution in [3.8, 4) is 0 Å². The van der Waals surface area contributed by atoms with Crippen molar-refractivity contribution < 1.29 is 4.79 Å². The lowest BCUT2D eigenvalue weighted by molar-refractivity contribution is -0.117. The van der Waals surface area contributed by atoms with E-state index in [1.165, 1.54) is 0 Å². The molecule has 0 unspecified atom stereocenters. The number of hydrogen-bond donors (Lipinski definition) is 2. The minimum Gasteiger partial charge on any atom is -0.351 e. The van der Waals surface area contributed by atoms with Gasteiger partial charge in [0.15, 0.2) is 0 Å². The van der Waals surface area contributed by atoms with Crippen LogP contribution >= 0.6 is 0 Å². The third kappa shape index (κ3) is 6.66. The van der Waals surface area contributed by atoms with Crippen LogP contribution < -0.4 is 10.6 Å². The topological polar surface area (TPSA) is 41.1 Å². The molecule has 0 saturated carbocycles. The van der Waals surface area contributed by atoms with Crippen molar-refractivity contribution in [3.63, 3.8) is 0 Å². The number of amides is 1. The second-order valence-corrected chi connectivity index (χ2v) is 3.30. The Kier molecular flexibility index (Phi) is 8.24. The van der Waals surface area contributed by atoms with Gasteiger partial charge in [0.1, 0.15) is 0 Å². The van der Waals surface area contributed by atoms with Crippen LogP contribution in [0.4, 0.5) is 0 Å². The first-order chi connectivity index (χ1) is 6.72. The number of nitrogens with one attached hydrogen (secondary N) is 2. The maximum Gasteiger partial charge on any atom is 0.246 e. The Labute approximate surface area is 87.0 Å². The van der Waals surface area contributed by atoms with Crippen molar-refractivity contribution >= 4 is 5.91 Å². The molecule has 0 rings (SSSR count). The van der Waals surface area contributed by atoms with Crippen molar-refractivity contribution in [1.29, 1.82) is 0 Å². The molecule has 14 heavy (non-hydrogen) atoms. The Morgan fingerprint density at radius 1 is 1.21 bits per heavy atom. The van der Waals surface area contributed by atoms with Crippen molar-refractivity contribution in [2.75, 3.05) is 19.6 Å². The van der Waals surface area contributed by atoms with Gasteiger partial charge in [0, 0.05) is 18.7 Å². The third-order valence-electron chi connectivity index (χ3n) is 1.88. The normalized spacial score (nSPS) is 11.5. The highest BCUT2D eigenvalue weighted by Gasteiger charge is 2.00. The van der Waals surface area contributed by atoms with Crippen LogP contribution in [0.15, 0.2) is 11.6 Å². The van der Waals surface area contributed by atoms with Gasteiger partial charge in [0.05, 0.1) is 0 Å². The first-order valence-electron chi connectivity index (χ1n) is 5.38. The molecule has 82 valence electrons. The van der Waals surface area contributed by atoms with Gasteiger partial charge in [0.2, 0.25) is 5.91 Å². The molecule has 0 spiro atoms. The minimum absolute atomic E-state index is 0.0464. The summed E-state index contributed by atoms with van der Waals surface area (Å²) in [7, 11) is 0. The van der Waals surface area contributed by atoms with Crippen molar-refractivity contribution in [3.05, 3.63) is 11.6 Å². The quantitative estimate of drug-likeness (QED) is 0.480. The minimum atomic E-state index is 0.0464. The summed E-state index contributed by atoms with van der Waals surface area (Å²) in [4.78, 5) is 11.4. The van der Waals surface area contributed by atoms with Crippen LogP contribution in [0.5, 0.6) is 0 Å². The number of carbonyl (C=O) groups is 1. The fourth-order valence-electron chi connectivity index (χ4n) is 1.10. The number of allylic oxidation sites excluding steroid dienone is 1. The number of carbonyl (C=O) groups excluding carboxylic acids is 1. The zero-order chi connectivity index (χ0) is 10.8. The maximum absolute atomic E-state index is 11.4. The highest BCUT2D eigenvalue weighted by atomic mass is 16.1. The molecular formula is C11H22N2O. The molecule has 0 aliphatic rings. The lowest BCUT2D eigenvalue weighted by atomic mass is 10.2. The van der Waals surface area contributed by atoms with E-state index in [-0.39, 0.29) is 5.91 Å². The van der Waals surface area contributed by atoms with Crippen LogP contribution in [-0.4, -0.2) is 25.5 Å². The van der Waals surface area contributed by atoms with Crippen LogP contribution in [0.3, 0.4) is 0 Å². The average molecular weight is 198 g/mol. The zero-order valence-electron chi connectivity index (χ0n) is 9.52. The second-order valence-electron chi connectivity index (χ2n) is 3.30. The lowest BCUT2D eigenvalue weighted by Gasteiger charge is -2.05. The molecule has 0 bridgehead atoms. The number of rotatable bonds is 7. The van der Waals surface area contributed by atoms with Gasteiger partial charge >= 0.3 is 0 Å². The van der Waals surface area contributed by atoms with Crippen LogP contribution in [0.25, 0.3) is 0 Å². The molecule has 0 aromatic carbocycles. The fraction of sp³-hybridized carbons (Fsp3) is 0.727. The molecule has 3 nitrogen and oxygen atoms in total. The zero-order valence-corrected chi connectivity index (χ0v) is 9.52. The van der Waals surface area contributed by atoms with Gasteiger partial charge in [-0.05, 0) is 26.3 Å². The molecule has 0 atom stereocenters. The average Bonchev–Trinajstić information content (AvgIpc) is 2.17. The van der Waals surface area contributed by atoms with Crippen molar-refractivity contribution in [2.45, 2.75) is 33.6 Å². The molecular weight excluding hydrogens is 176 g/mol. The van der Waals surface area contributed by atoms with Crippen molar-refractivity contribution in [1.82, 2.24) is 10.6 Å². The lowest BCUT2D eigenvalue weighted by Crippen LogP contribution is -2.32.